The van der Waals surface area contributed by atoms with Gasteiger partial charge in [0.15, 0.2) is 0 Å². The Labute approximate surface area is 179 Å². The minimum Gasteiger partial charge on any atom is -0.353 e. The number of piperidine rings is 1. The normalized spacial score (nSPS) is 42.3. The standard InChI is InChI=1S/C25H35N3O2/c1-24-12-6-9-17(24)22-18(10-13-24)25(2)14-11-21(29)28-20(25)15-19(22)27-23(30)26-16-7-4-3-5-8-16/h3-5,7-8,17-20,22H,6,9-15H2,1-2H3,(H,28,29)(H2,26,27,30)/t17-,18+,19?,20?,22-,24-,25+/m0/s1. The van der Waals surface area contributed by atoms with Crippen LogP contribution in [0.5, 0.6) is 0 Å². The first-order valence-electron chi connectivity index (χ1n) is 11.8. The molecule has 4 fully saturated rings. The molecule has 162 valence electrons. The molecule has 5 nitrogen and oxygen atoms in total. The second-order valence-electron chi connectivity index (χ2n) is 10.8. The Morgan fingerprint density at radius 2 is 1.87 bits per heavy atom. The highest BCUT2D eigenvalue weighted by Crippen LogP contribution is 2.63. The van der Waals surface area contributed by atoms with E-state index < -0.39 is 0 Å². The summed E-state index contributed by atoms with van der Waals surface area (Å²) in [5, 5.41) is 9.67. The molecular formula is C25H35N3O2. The number of rotatable bonds is 2. The third-order valence-electron chi connectivity index (χ3n) is 9.29. The van der Waals surface area contributed by atoms with Crippen molar-refractivity contribution in [1.29, 1.82) is 0 Å². The first-order valence-corrected chi connectivity index (χ1v) is 11.8. The minimum absolute atomic E-state index is 0.109. The first kappa shape index (κ1) is 19.9. The number of carbonyl (C=O) groups excluding carboxylic acids is 2. The Morgan fingerprint density at radius 1 is 1.07 bits per heavy atom. The van der Waals surface area contributed by atoms with Gasteiger partial charge < -0.3 is 16.0 Å². The van der Waals surface area contributed by atoms with Gasteiger partial charge in [0.2, 0.25) is 5.91 Å². The Hall–Kier alpha value is -2.04. The summed E-state index contributed by atoms with van der Waals surface area (Å²) in [5.41, 5.74) is 1.38. The van der Waals surface area contributed by atoms with E-state index in [0.29, 0.717) is 29.6 Å². The molecule has 30 heavy (non-hydrogen) atoms. The fourth-order valence-corrected chi connectivity index (χ4v) is 7.70. The van der Waals surface area contributed by atoms with E-state index in [4.69, 9.17) is 0 Å². The number of benzene rings is 1. The predicted molar refractivity (Wildman–Crippen MR) is 118 cm³/mol. The van der Waals surface area contributed by atoms with Crippen LogP contribution in [0.2, 0.25) is 0 Å². The number of carbonyl (C=O) groups is 2. The summed E-state index contributed by atoms with van der Waals surface area (Å²) < 4.78 is 0. The van der Waals surface area contributed by atoms with Gasteiger partial charge in [-0.1, -0.05) is 38.5 Å². The number of hydrogen-bond donors (Lipinski definition) is 3. The number of nitrogens with one attached hydrogen (secondary N) is 3. The van der Waals surface area contributed by atoms with Crippen LogP contribution < -0.4 is 16.0 Å². The van der Waals surface area contributed by atoms with E-state index in [2.05, 4.69) is 29.8 Å². The van der Waals surface area contributed by atoms with Gasteiger partial charge in [-0.2, -0.15) is 0 Å². The van der Waals surface area contributed by atoms with Gasteiger partial charge in [-0.15, -0.1) is 0 Å². The van der Waals surface area contributed by atoms with Crippen molar-refractivity contribution in [2.75, 3.05) is 5.32 Å². The Kier molecular flexibility index (Phi) is 4.83. The van der Waals surface area contributed by atoms with Crippen molar-refractivity contribution in [1.82, 2.24) is 10.6 Å². The zero-order chi connectivity index (χ0) is 20.9. The molecule has 3 aliphatic carbocycles. The van der Waals surface area contributed by atoms with Gasteiger partial charge in [0.1, 0.15) is 0 Å². The third kappa shape index (κ3) is 3.21. The van der Waals surface area contributed by atoms with Crippen LogP contribution in [0.15, 0.2) is 30.3 Å². The lowest BCUT2D eigenvalue weighted by atomic mass is 9.46. The molecule has 3 amide bonds. The van der Waals surface area contributed by atoms with Crippen LogP contribution in [0, 0.1) is 28.6 Å². The summed E-state index contributed by atoms with van der Waals surface area (Å²) in [6.07, 6.45) is 8.89. The van der Waals surface area contributed by atoms with Gasteiger partial charge in [0, 0.05) is 24.2 Å². The van der Waals surface area contributed by atoms with E-state index in [9.17, 15) is 9.59 Å². The van der Waals surface area contributed by atoms with E-state index >= 15 is 0 Å². The van der Waals surface area contributed by atoms with Crippen molar-refractivity contribution in [3.8, 4) is 0 Å². The molecule has 0 aromatic heterocycles. The fourth-order valence-electron chi connectivity index (χ4n) is 7.70. The minimum atomic E-state index is -0.124. The largest absolute Gasteiger partial charge is 0.353 e. The SMILES string of the molecule is C[C@@]12CCC[C@H]1[C@@H]1C(NC(=O)Nc3ccccc3)CC3NC(=O)CC[C@]3(C)[C@@H]1CC2. The molecule has 5 heteroatoms. The maximum atomic E-state index is 12.9. The molecule has 3 saturated carbocycles. The van der Waals surface area contributed by atoms with Gasteiger partial charge in [0.05, 0.1) is 0 Å². The number of hydrogen-bond acceptors (Lipinski definition) is 2. The summed E-state index contributed by atoms with van der Waals surface area (Å²) in [5.74, 6) is 1.91. The average molecular weight is 410 g/mol. The molecule has 1 heterocycles. The highest BCUT2D eigenvalue weighted by atomic mass is 16.2. The summed E-state index contributed by atoms with van der Waals surface area (Å²) >= 11 is 0. The third-order valence-corrected chi connectivity index (χ3v) is 9.29. The molecule has 0 radical (unpaired) electrons. The zero-order valence-corrected chi connectivity index (χ0v) is 18.2. The van der Waals surface area contributed by atoms with Gasteiger partial charge in [-0.3, -0.25) is 4.79 Å². The number of para-hydroxylation sites is 1. The summed E-state index contributed by atoms with van der Waals surface area (Å²) in [6.45, 7) is 4.89. The molecule has 7 atom stereocenters. The summed E-state index contributed by atoms with van der Waals surface area (Å²) in [6, 6.07) is 9.78. The van der Waals surface area contributed by atoms with Crippen LogP contribution in [-0.4, -0.2) is 24.0 Å². The van der Waals surface area contributed by atoms with Crippen molar-refractivity contribution in [3.63, 3.8) is 0 Å². The van der Waals surface area contributed by atoms with Crippen molar-refractivity contribution in [2.45, 2.75) is 77.3 Å². The molecule has 1 aliphatic heterocycles. The number of fused-ring (bicyclic) bond motifs is 5. The Morgan fingerprint density at radius 3 is 2.67 bits per heavy atom. The highest BCUT2D eigenvalue weighted by Gasteiger charge is 2.61. The second kappa shape index (κ2) is 7.28. The van der Waals surface area contributed by atoms with Gasteiger partial charge >= 0.3 is 6.03 Å². The van der Waals surface area contributed by atoms with E-state index in [0.717, 1.165) is 18.5 Å². The lowest BCUT2D eigenvalue weighted by Gasteiger charge is -2.62. The fraction of sp³-hybridized carbons (Fsp3) is 0.680. The Balaban J connectivity index is 1.42. The molecule has 1 saturated heterocycles. The van der Waals surface area contributed by atoms with Crippen molar-refractivity contribution >= 4 is 17.6 Å². The smallest absolute Gasteiger partial charge is 0.319 e. The maximum absolute atomic E-state index is 12.9. The molecule has 1 aromatic rings. The molecule has 5 rings (SSSR count). The van der Waals surface area contributed by atoms with E-state index in [1.807, 2.05) is 30.3 Å². The summed E-state index contributed by atoms with van der Waals surface area (Å²) in [7, 11) is 0. The molecule has 3 N–H and O–H groups in total. The van der Waals surface area contributed by atoms with Crippen LogP contribution in [0.25, 0.3) is 0 Å². The van der Waals surface area contributed by atoms with E-state index in [1.54, 1.807) is 0 Å². The molecule has 0 bridgehead atoms. The molecule has 2 unspecified atom stereocenters. The second-order valence-corrected chi connectivity index (χ2v) is 10.8. The average Bonchev–Trinajstić information content (AvgIpc) is 3.11. The van der Waals surface area contributed by atoms with E-state index in [1.165, 1.54) is 32.1 Å². The quantitative estimate of drug-likeness (QED) is 0.663. The Bertz CT molecular complexity index is 827. The van der Waals surface area contributed by atoms with Gasteiger partial charge in [-0.25, -0.2) is 4.79 Å². The van der Waals surface area contributed by atoms with Crippen molar-refractivity contribution in [3.05, 3.63) is 30.3 Å². The van der Waals surface area contributed by atoms with Crippen LogP contribution in [-0.2, 0) is 4.79 Å². The maximum Gasteiger partial charge on any atom is 0.319 e. The van der Waals surface area contributed by atoms with Crippen LogP contribution in [0.3, 0.4) is 0 Å². The predicted octanol–water partition coefficient (Wildman–Crippen LogP) is 4.70. The lowest BCUT2D eigenvalue weighted by molar-refractivity contribution is -0.138. The number of anilines is 1. The monoisotopic (exact) mass is 409 g/mol. The number of amides is 3. The van der Waals surface area contributed by atoms with Gasteiger partial charge in [-0.05, 0) is 79.2 Å². The van der Waals surface area contributed by atoms with Crippen LogP contribution in [0.4, 0.5) is 10.5 Å². The topological polar surface area (TPSA) is 70.2 Å². The van der Waals surface area contributed by atoms with Crippen molar-refractivity contribution < 1.29 is 9.59 Å². The van der Waals surface area contributed by atoms with Crippen LogP contribution in [0.1, 0.15) is 65.2 Å². The van der Waals surface area contributed by atoms with Crippen molar-refractivity contribution in [2.24, 2.45) is 28.6 Å². The molecular weight excluding hydrogens is 374 g/mol. The molecule has 1 aromatic carbocycles. The summed E-state index contributed by atoms with van der Waals surface area (Å²) in [4.78, 5) is 25.1. The van der Waals surface area contributed by atoms with Gasteiger partial charge in [0.25, 0.3) is 0 Å². The number of urea groups is 1. The van der Waals surface area contributed by atoms with E-state index in [-0.39, 0.29) is 29.4 Å². The van der Waals surface area contributed by atoms with Crippen LogP contribution >= 0.6 is 0 Å². The molecule has 0 spiro atoms. The highest BCUT2D eigenvalue weighted by molar-refractivity contribution is 5.89. The first-order chi connectivity index (χ1) is 14.4. The zero-order valence-electron chi connectivity index (χ0n) is 18.2. The molecule has 4 aliphatic rings. The lowest BCUT2D eigenvalue weighted by Crippen LogP contribution is -2.67.